The van der Waals surface area contributed by atoms with E-state index in [1.807, 2.05) is 72.8 Å². The summed E-state index contributed by atoms with van der Waals surface area (Å²) in [4.78, 5) is 16.9. The lowest BCUT2D eigenvalue weighted by molar-refractivity contribution is 0.0949. The van der Waals surface area contributed by atoms with E-state index >= 15 is 0 Å². The molecule has 4 rings (SSSR count). The Kier molecular flexibility index (Phi) is 6.89. The normalized spacial score (nSPS) is 11.2. The van der Waals surface area contributed by atoms with E-state index in [2.05, 4.69) is 25.8 Å². The van der Waals surface area contributed by atoms with Crippen LogP contribution in [0.25, 0.3) is 23.1 Å². The van der Waals surface area contributed by atoms with Crippen LogP contribution >= 0.6 is 0 Å². The Balaban J connectivity index is 1.50. The average molecular weight is 428 g/mol. The van der Waals surface area contributed by atoms with Gasteiger partial charge in [0.05, 0.1) is 28.2 Å². The number of fused-ring (bicyclic) bond motifs is 1. The smallest absolute Gasteiger partial charge is 0.253 e. The van der Waals surface area contributed by atoms with E-state index in [-0.39, 0.29) is 5.91 Å². The summed E-state index contributed by atoms with van der Waals surface area (Å²) in [6, 6.07) is 19.2. The molecule has 7 nitrogen and oxygen atoms in total. The molecule has 0 atom stereocenters. The van der Waals surface area contributed by atoms with Crippen LogP contribution in [0, 0.1) is 0 Å². The lowest BCUT2D eigenvalue weighted by Gasteiger charge is -2.12. The Labute approximate surface area is 186 Å². The number of nitrogens with one attached hydrogen (secondary N) is 3. The van der Waals surface area contributed by atoms with E-state index in [9.17, 15) is 4.79 Å². The molecule has 0 aliphatic heterocycles. The van der Waals surface area contributed by atoms with Gasteiger partial charge in [-0.25, -0.2) is 0 Å². The van der Waals surface area contributed by atoms with Gasteiger partial charge in [-0.2, -0.15) is 5.10 Å². The van der Waals surface area contributed by atoms with Crippen LogP contribution in [0.3, 0.4) is 0 Å². The number of amides is 1. The maximum atomic E-state index is 12.6. The Bertz CT molecular complexity index is 1220. The van der Waals surface area contributed by atoms with E-state index in [1.165, 1.54) is 0 Å². The van der Waals surface area contributed by atoms with Gasteiger partial charge in [-0.3, -0.25) is 14.9 Å². The minimum Gasteiger partial charge on any atom is -0.385 e. The molecule has 2 aromatic heterocycles. The molecule has 0 fully saturated rings. The van der Waals surface area contributed by atoms with Crippen LogP contribution in [0.5, 0.6) is 0 Å². The molecule has 2 heterocycles. The van der Waals surface area contributed by atoms with Crippen molar-refractivity contribution in [3.05, 3.63) is 83.8 Å². The highest BCUT2D eigenvalue weighted by Gasteiger charge is 2.11. The number of aromatic amines is 1. The summed E-state index contributed by atoms with van der Waals surface area (Å²) >= 11 is 0. The number of hydrogen-bond acceptors (Lipinski definition) is 5. The van der Waals surface area contributed by atoms with Gasteiger partial charge in [0.2, 0.25) is 0 Å². The van der Waals surface area contributed by atoms with Gasteiger partial charge in [-0.15, -0.1) is 0 Å². The largest absolute Gasteiger partial charge is 0.385 e. The third-order valence-electron chi connectivity index (χ3n) is 4.95. The van der Waals surface area contributed by atoms with Crippen molar-refractivity contribution in [1.29, 1.82) is 0 Å². The van der Waals surface area contributed by atoms with Crippen molar-refractivity contribution in [1.82, 2.24) is 20.5 Å². The van der Waals surface area contributed by atoms with Crippen molar-refractivity contribution < 1.29 is 9.53 Å². The molecule has 0 spiro atoms. The molecular formula is C25H25N5O2. The fourth-order valence-electron chi connectivity index (χ4n) is 3.34. The van der Waals surface area contributed by atoms with E-state index in [0.717, 1.165) is 40.1 Å². The van der Waals surface area contributed by atoms with Crippen LogP contribution in [0.2, 0.25) is 0 Å². The quantitative estimate of drug-likeness (QED) is 0.339. The molecule has 162 valence electrons. The van der Waals surface area contributed by atoms with Gasteiger partial charge in [0, 0.05) is 37.5 Å². The molecule has 0 unspecified atom stereocenters. The number of ether oxygens (including phenoxy) is 1. The number of hydrogen-bond donors (Lipinski definition) is 3. The second-order valence-corrected chi connectivity index (χ2v) is 7.23. The maximum Gasteiger partial charge on any atom is 0.253 e. The first-order valence-corrected chi connectivity index (χ1v) is 10.4. The number of benzene rings is 2. The van der Waals surface area contributed by atoms with Gasteiger partial charge in [0.15, 0.2) is 0 Å². The fourth-order valence-corrected chi connectivity index (χ4v) is 3.34. The Morgan fingerprint density at radius 3 is 2.81 bits per heavy atom. The molecule has 0 radical (unpaired) electrons. The van der Waals surface area contributed by atoms with Gasteiger partial charge in [-0.1, -0.05) is 18.2 Å². The van der Waals surface area contributed by atoms with Gasteiger partial charge < -0.3 is 15.4 Å². The molecule has 2 aromatic carbocycles. The minimum absolute atomic E-state index is 0.117. The topological polar surface area (TPSA) is 91.9 Å². The van der Waals surface area contributed by atoms with Gasteiger partial charge in [0.25, 0.3) is 5.91 Å². The van der Waals surface area contributed by atoms with Crippen molar-refractivity contribution in [3.8, 4) is 0 Å². The first kappa shape index (κ1) is 21.3. The molecule has 0 saturated heterocycles. The third-order valence-corrected chi connectivity index (χ3v) is 4.95. The number of pyridine rings is 1. The van der Waals surface area contributed by atoms with Crippen molar-refractivity contribution in [2.75, 3.05) is 25.6 Å². The Morgan fingerprint density at radius 2 is 1.97 bits per heavy atom. The number of aromatic nitrogens is 3. The molecule has 4 aromatic rings. The first-order valence-electron chi connectivity index (χ1n) is 10.4. The molecule has 3 N–H and O–H groups in total. The number of carbonyl (C=O) groups is 1. The van der Waals surface area contributed by atoms with Crippen LogP contribution in [0.15, 0.2) is 66.9 Å². The fraction of sp³-hybridized carbons (Fsp3) is 0.160. The molecule has 32 heavy (non-hydrogen) atoms. The summed E-state index contributed by atoms with van der Waals surface area (Å²) in [5.74, 6) is -0.117. The number of anilines is 2. The van der Waals surface area contributed by atoms with E-state index < -0.39 is 0 Å². The number of para-hydroxylation sites is 1. The predicted octanol–water partition coefficient (Wildman–Crippen LogP) is 4.64. The SMILES string of the molecule is COCCCNC(=O)c1ccccc1Nc1ccc2c(/C=C/c3ccccn3)n[nH]c2c1. The number of carbonyl (C=O) groups excluding carboxylic acids is 1. The predicted molar refractivity (Wildman–Crippen MR) is 128 cm³/mol. The maximum absolute atomic E-state index is 12.6. The van der Waals surface area contributed by atoms with Crippen LogP contribution in [-0.2, 0) is 4.74 Å². The number of H-pyrrole nitrogens is 1. The molecular weight excluding hydrogens is 402 g/mol. The van der Waals surface area contributed by atoms with Crippen molar-refractivity contribution >= 4 is 40.3 Å². The summed E-state index contributed by atoms with van der Waals surface area (Å²) in [7, 11) is 1.65. The highest BCUT2D eigenvalue weighted by molar-refractivity contribution is 6.00. The van der Waals surface area contributed by atoms with Crippen LogP contribution in [0.1, 0.15) is 28.2 Å². The monoisotopic (exact) mass is 427 g/mol. The molecule has 0 aliphatic carbocycles. The van der Waals surface area contributed by atoms with Crippen molar-refractivity contribution in [3.63, 3.8) is 0 Å². The van der Waals surface area contributed by atoms with E-state index in [0.29, 0.717) is 18.7 Å². The van der Waals surface area contributed by atoms with Gasteiger partial charge in [0.1, 0.15) is 0 Å². The zero-order chi connectivity index (χ0) is 22.2. The highest BCUT2D eigenvalue weighted by Crippen LogP contribution is 2.26. The first-order chi connectivity index (χ1) is 15.7. The lowest BCUT2D eigenvalue weighted by atomic mass is 10.1. The van der Waals surface area contributed by atoms with Crippen molar-refractivity contribution in [2.45, 2.75) is 6.42 Å². The second-order valence-electron chi connectivity index (χ2n) is 7.23. The number of nitrogens with zero attached hydrogens (tertiary/aromatic N) is 2. The van der Waals surface area contributed by atoms with Gasteiger partial charge in [-0.05, 0) is 61.0 Å². The number of methoxy groups -OCH3 is 1. The van der Waals surface area contributed by atoms with Gasteiger partial charge >= 0.3 is 0 Å². The third kappa shape index (κ3) is 5.19. The summed E-state index contributed by atoms with van der Waals surface area (Å²) in [5, 5.41) is 14.8. The van der Waals surface area contributed by atoms with Crippen LogP contribution in [0.4, 0.5) is 11.4 Å². The minimum atomic E-state index is -0.117. The Morgan fingerprint density at radius 1 is 1.09 bits per heavy atom. The molecule has 1 amide bonds. The summed E-state index contributed by atoms with van der Waals surface area (Å²) < 4.78 is 5.03. The van der Waals surface area contributed by atoms with E-state index in [4.69, 9.17) is 4.74 Å². The Hall–Kier alpha value is -3.97. The van der Waals surface area contributed by atoms with Crippen LogP contribution < -0.4 is 10.6 Å². The lowest BCUT2D eigenvalue weighted by Crippen LogP contribution is -2.25. The van der Waals surface area contributed by atoms with Crippen molar-refractivity contribution in [2.24, 2.45) is 0 Å². The summed E-state index contributed by atoms with van der Waals surface area (Å²) in [6.45, 7) is 1.18. The molecule has 7 heteroatoms. The second kappa shape index (κ2) is 10.4. The zero-order valence-corrected chi connectivity index (χ0v) is 17.8. The average Bonchev–Trinajstić information content (AvgIpc) is 3.23. The molecule has 0 bridgehead atoms. The zero-order valence-electron chi connectivity index (χ0n) is 17.8. The van der Waals surface area contributed by atoms with Crippen LogP contribution in [-0.4, -0.2) is 41.3 Å². The molecule has 0 saturated carbocycles. The number of rotatable bonds is 9. The molecule has 0 aliphatic rings. The van der Waals surface area contributed by atoms with E-state index in [1.54, 1.807) is 13.3 Å². The summed E-state index contributed by atoms with van der Waals surface area (Å²) in [6.07, 6.45) is 6.41. The summed E-state index contributed by atoms with van der Waals surface area (Å²) in [5.41, 5.74) is 4.81. The standard InChI is InChI=1S/C25H25N5O2/c1-32-16-6-15-27-25(31)21-8-2-3-9-22(21)28-19-10-12-20-23(29-30-24(20)17-19)13-11-18-7-4-5-14-26-18/h2-5,7-14,17,28H,6,15-16H2,1H3,(H,27,31)(H,29,30)/b13-11+. The highest BCUT2D eigenvalue weighted by atomic mass is 16.5.